The maximum absolute atomic E-state index is 12.6. The third kappa shape index (κ3) is 3.17. The van der Waals surface area contributed by atoms with Crippen LogP contribution in [0.25, 0.3) is 0 Å². The van der Waals surface area contributed by atoms with Crippen molar-refractivity contribution in [1.82, 2.24) is 0 Å². The van der Waals surface area contributed by atoms with Gasteiger partial charge in [-0.25, -0.2) is 0 Å². The molecule has 0 atom stereocenters. The van der Waals surface area contributed by atoms with Crippen LogP contribution in [0.15, 0.2) is 18.2 Å². The molecule has 0 N–H and O–H groups in total. The lowest BCUT2D eigenvalue weighted by Crippen LogP contribution is -2.07. The van der Waals surface area contributed by atoms with Gasteiger partial charge in [-0.3, -0.25) is 0 Å². The first-order valence-corrected chi connectivity index (χ1v) is 5.41. The van der Waals surface area contributed by atoms with E-state index in [9.17, 15) is 13.2 Å². The lowest BCUT2D eigenvalue weighted by Gasteiger charge is -2.11. The summed E-state index contributed by atoms with van der Waals surface area (Å²) in [4.78, 5) is 0. The second-order valence-corrected chi connectivity index (χ2v) is 3.41. The van der Waals surface area contributed by atoms with Crippen LogP contribution in [-0.4, -0.2) is 12.4 Å². The third-order valence-electron chi connectivity index (χ3n) is 1.80. The Hall–Kier alpha value is -1.15. The first kappa shape index (κ1) is 12.9. The van der Waals surface area contributed by atoms with Crippen LogP contribution in [0.1, 0.15) is 11.1 Å². The standard InChI is InChI=1S/C11H8BrF3O/c1-16-10-5-4-8(3-2-6-12)7-9(10)11(13,14)15/h4-5,7H,6H2,1H3. The molecule has 0 aliphatic heterocycles. The molecule has 0 heterocycles. The Morgan fingerprint density at radius 1 is 1.38 bits per heavy atom. The Kier molecular flexibility index (Phi) is 4.25. The fourth-order valence-electron chi connectivity index (χ4n) is 1.14. The maximum atomic E-state index is 12.6. The van der Waals surface area contributed by atoms with Crippen molar-refractivity contribution in [2.75, 3.05) is 12.4 Å². The van der Waals surface area contributed by atoms with E-state index in [1.807, 2.05) is 0 Å². The molecule has 1 aromatic carbocycles. The summed E-state index contributed by atoms with van der Waals surface area (Å²) < 4.78 is 42.5. The SMILES string of the molecule is COc1ccc(C#CCBr)cc1C(F)(F)F. The second kappa shape index (κ2) is 5.26. The van der Waals surface area contributed by atoms with E-state index in [4.69, 9.17) is 0 Å². The molecule has 1 nitrogen and oxygen atoms in total. The van der Waals surface area contributed by atoms with E-state index in [2.05, 4.69) is 32.5 Å². The zero-order valence-corrected chi connectivity index (χ0v) is 9.95. The van der Waals surface area contributed by atoms with E-state index < -0.39 is 11.7 Å². The lowest BCUT2D eigenvalue weighted by atomic mass is 10.1. The van der Waals surface area contributed by atoms with Gasteiger partial charge in [0.05, 0.1) is 18.0 Å². The summed E-state index contributed by atoms with van der Waals surface area (Å²) >= 11 is 3.07. The Bertz CT molecular complexity index is 429. The molecule has 0 radical (unpaired) electrons. The van der Waals surface area contributed by atoms with Crippen molar-refractivity contribution < 1.29 is 17.9 Å². The summed E-state index contributed by atoms with van der Waals surface area (Å²) in [6, 6.07) is 3.74. The zero-order valence-electron chi connectivity index (χ0n) is 8.36. The Labute approximate surface area is 99.7 Å². The van der Waals surface area contributed by atoms with Crippen LogP contribution in [0.5, 0.6) is 5.75 Å². The van der Waals surface area contributed by atoms with Crippen LogP contribution in [0.2, 0.25) is 0 Å². The fourth-order valence-corrected chi connectivity index (χ4v) is 1.28. The van der Waals surface area contributed by atoms with Gasteiger partial charge in [0, 0.05) is 5.56 Å². The topological polar surface area (TPSA) is 9.23 Å². The number of benzene rings is 1. The Morgan fingerprint density at radius 2 is 2.06 bits per heavy atom. The number of hydrogen-bond acceptors (Lipinski definition) is 1. The number of rotatable bonds is 1. The van der Waals surface area contributed by atoms with Gasteiger partial charge in [0.1, 0.15) is 5.75 Å². The van der Waals surface area contributed by atoms with Crippen LogP contribution in [0.4, 0.5) is 13.2 Å². The maximum Gasteiger partial charge on any atom is 0.420 e. The van der Waals surface area contributed by atoms with Gasteiger partial charge in [-0.1, -0.05) is 27.8 Å². The van der Waals surface area contributed by atoms with E-state index >= 15 is 0 Å². The van der Waals surface area contributed by atoms with Crippen molar-refractivity contribution in [1.29, 1.82) is 0 Å². The molecule has 86 valence electrons. The van der Waals surface area contributed by atoms with Crippen molar-refractivity contribution in [2.24, 2.45) is 0 Å². The van der Waals surface area contributed by atoms with Crippen molar-refractivity contribution >= 4 is 15.9 Å². The van der Waals surface area contributed by atoms with Crippen molar-refractivity contribution in [3.8, 4) is 17.6 Å². The average molecular weight is 293 g/mol. The molecule has 0 bridgehead atoms. The quantitative estimate of drug-likeness (QED) is 0.569. The fraction of sp³-hybridized carbons (Fsp3) is 0.273. The summed E-state index contributed by atoms with van der Waals surface area (Å²) in [6.45, 7) is 0. The molecule has 16 heavy (non-hydrogen) atoms. The minimum absolute atomic E-state index is 0.197. The van der Waals surface area contributed by atoms with Gasteiger partial charge in [-0.05, 0) is 18.2 Å². The molecule has 0 saturated carbocycles. The zero-order chi connectivity index (χ0) is 12.2. The van der Waals surface area contributed by atoms with Crippen LogP contribution >= 0.6 is 15.9 Å². The number of alkyl halides is 4. The summed E-state index contributed by atoms with van der Waals surface area (Å²) in [5.74, 6) is 5.05. The minimum atomic E-state index is -4.43. The van der Waals surface area contributed by atoms with Gasteiger partial charge in [0.2, 0.25) is 0 Å². The van der Waals surface area contributed by atoms with Crippen LogP contribution < -0.4 is 4.74 Å². The molecule has 0 aliphatic rings. The van der Waals surface area contributed by atoms with Gasteiger partial charge in [0.25, 0.3) is 0 Å². The summed E-state index contributed by atoms with van der Waals surface area (Å²) in [7, 11) is 1.20. The largest absolute Gasteiger partial charge is 0.496 e. The average Bonchev–Trinajstić information content (AvgIpc) is 2.24. The number of halogens is 4. The summed E-state index contributed by atoms with van der Waals surface area (Å²) in [5.41, 5.74) is -0.496. The normalized spacial score (nSPS) is 10.6. The van der Waals surface area contributed by atoms with Crippen molar-refractivity contribution in [3.63, 3.8) is 0 Å². The smallest absolute Gasteiger partial charge is 0.420 e. The first-order valence-electron chi connectivity index (χ1n) is 4.29. The second-order valence-electron chi connectivity index (χ2n) is 2.85. The summed E-state index contributed by atoms with van der Waals surface area (Å²) in [6.07, 6.45) is -4.43. The van der Waals surface area contributed by atoms with E-state index in [0.717, 1.165) is 6.07 Å². The number of methoxy groups -OCH3 is 1. The molecule has 0 aromatic heterocycles. The van der Waals surface area contributed by atoms with Crippen molar-refractivity contribution in [3.05, 3.63) is 29.3 Å². The lowest BCUT2D eigenvalue weighted by molar-refractivity contribution is -0.138. The molecule has 0 unspecified atom stereocenters. The minimum Gasteiger partial charge on any atom is -0.496 e. The van der Waals surface area contributed by atoms with E-state index in [1.54, 1.807) is 0 Å². The highest BCUT2D eigenvalue weighted by atomic mass is 79.9. The number of hydrogen-bond donors (Lipinski definition) is 0. The van der Waals surface area contributed by atoms with Gasteiger partial charge in [-0.2, -0.15) is 13.2 Å². The van der Waals surface area contributed by atoms with Crippen LogP contribution in [0, 0.1) is 11.8 Å². The molecule has 1 aromatic rings. The van der Waals surface area contributed by atoms with E-state index in [1.165, 1.54) is 19.2 Å². The molecule has 0 aliphatic carbocycles. The molecule has 0 spiro atoms. The molecular weight excluding hydrogens is 285 g/mol. The molecule has 0 saturated heterocycles. The van der Waals surface area contributed by atoms with E-state index in [0.29, 0.717) is 10.9 Å². The first-order chi connectivity index (χ1) is 7.49. The van der Waals surface area contributed by atoms with Gasteiger partial charge < -0.3 is 4.74 Å². The monoisotopic (exact) mass is 292 g/mol. The third-order valence-corrected chi connectivity index (χ3v) is 2.08. The highest BCUT2D eigenvalue weighted by Gasteiger charge is 2.34. The van der Waals surface area contributed by atoms with Gasteiger partial charge >= 0.3 is 6.18 Å². The number of ether oxygens (including phenoxy) is 1. The van der Waals surface area contributed by atoms with E-state index in [-0.39, 0.29) is 5.75 Å². The molecular formula is C11H8BrF3O. The predicted octanol–water partition coefficient (Wildman–Crippen LogP) is 3.46. The molecule has 1 rings (SSSR count). The predicted molar refractivity (Wildman–Crippen MR) is 58.7 cm³/mol. The van der Waals surface area contributed by atoms with Crippen molar-refractivity contribution in [2.45, 2.75) is 6.18 Å². The van der Waals surface area contributed by atoms with Crippen LogP contribution in [0.3, 0.4) is 0 Å². The van der Waals surface area contributed by atoms with Crippen LogP contribution in [-0.2, 0) is 6.18 Å². The molecule has 0 fully saturated rings. The summed E-state index contributed by atoms with van der Waals surface area (Å²) in [5, 5.41) is 0.417. The Balaban J connectivity index is 3.22. The molecule has 0 amide bonds. The Morgan fingerprint density at radius 3 is 2.56 bits per heavy atom. The van der Waals surface area contributed by atoms with Gasteiger partial charge in [-0.15, -0.1) is 0 Å². The highest BCUT2D eigenvalue weighted by molar-refractivity contribution is 9.09. The highest BCUT2D eigenvalue weighted by Crippen LogP contribution is 2.36. The van der Waals surface area contributed by atoms with Gasteiger partial charge in [0.15, 0.2) is 0 Å². The molecule has 5 heteroatoms.